The third kappa shape index (κ3) is 2.70. The number of carbonyl (C=O) groups is 1. The molecule has 0 unspecified atom stereocenters. The first-order chi connectivity index (χ1) is 8.47. The van der Waals surface area contributed by atoms with Crippen molar-refractivity contribution in [3.8, 4) is 5.75 Å². The molecule has 0 spiro atoms. The summed E-state index contributed by atoms with van der Waals surface area (Å²) in [4.78, 5) is 12.9. The number of aromatic hydroxyl groups is 1. The molecule has 0 fully saturated rings. The minimum Gasteiger partial charge on any atom is -0.506 e. The second kappa shape index (κ2) is 5.07. The van der Waals surface area contributed by atoms with E-state index in [2.05, 4.69) is 21.2 Å². The molecule has 0 radical (unpaired) electrons. The van der Waals surface area contributed by atoms with E-state index in [1.165, 1.54) is 23.5 Å². The summed E-state index contributed by atoms with van der Waals surface area (Å²) < 4.78 is 13.5. The van der Waals surface area contributed by atoms with Gasteiger partial charge in [0.2, 0.25) is 0 Å². The Kier molecular flexibility index (Phi) is 3.68. The van der Waals surface area contributed by atoms with Crippen LogP contribution in [0.25, 0.3) is 0 Å². The zero-order valence-electron chi connectivity index (χ0n) is 9.33. The van der Waals surface area contributed by atoms with Crippen LogP contribution in [-0.4, -0.2) is 11.0 Å². The fourth-order valence-corrected chi connectivity index (χ4v) is 3.22. The Morgan fingerprint density at radius 3 is 2.72 bits per heavy atom. The second-order valence-electron chi connectivity index (χ2n) is 3.66. The van der Waals surface area contributed by atoms with E-state index in [1.807, 2.05) is 6.92 Å². The molecule has 0 atom stereocenters. The number of nitrogens with one attached hydrogen (secondary N) is 1. The van der Waals surface area contributed by atoms with Crippen LogP contribution in [0.4, 0.5) is 10.1 Å². The highest BCUT2D eigenvalue weighted by Crippen LogP contribution is 2.29. The van der Waals surface area contributed by atoms with E-state index < -0.39 is 5.82 Å². The second-order valence-corrected chi connectivity index (χ2v) is 6.23. The van der Waals surface area contributed by atoms with Crippen LogP contribution in [0.2, 0.25) is 0 Å². The minimum atomic E-state index is -0.557. The summed E-state index contributed by atoms with van der Waals surface area (Å²) in [5.41, 5.74) is 0.665. The standard InChI is InChI=1S/C12H9BrFNO2S/c1-6-4-8(11(13)18-6)12(17)15-9-3-2-7(14)5-10(9)16/h2-5,16H,1H3,(H,15,17). The summed E-state index contributed by atoms with van der Waals surface area (Å²) >= 11 is 4.74. The lowest BCUT2D eigenvalue weighted by molar-refractivity contribution is 0.102. The molecule has 1 heterocycles. The van der Waals surface area contributed by atoms with Crippen molar-refractivity contribution >= 4 is 38.9 Å². The highest BCUT2D eigenvalue weighted by molar-refractivity contribution is 9.11. The molecular weight excluding hydrogens is 321 g/mol. The van der Waals surface area contributed by atoms with E-state index in [4.69, 9.17) is 0 Å². The van der Waals surface area contributed by atoms with Crippen molar-refractivity contribution in [3.05, 3.63) is 44.3 Å². The van der Waals surface area contributed by atoms with Crippen LogP contribution < -0.4 is 5.32 Å². The molecule has 1 amide bonds. The number of thiophene rings is 1. The van der Waals surface area contributed by atoms with Crippen LogP contribution >= 0.6 is 27.3 Å². The van der Waals surface area contributed by atoms with Gasteiger partial charge in [-0.25, -0.2) is 4.39 Å². The molecule has 2 rings (SSSR count). The highest BCUT2D eigenvalue weighted by atomic mass is 79.9. The lowest BCUT2D eigenvalue weighted by Crippen LogP contribution is -2.11. The predicted octanol–water partition coefficient (Wildman–Crippen LogP) is 3.92. The molecule has 0 bridgehead atoms. The number of carbonyl (C=O) groups excluding carboxylic acids is 1. The number of benzene rings is 1. The van der Waals surface area contributed by atoms with Crippen LogP contribution in [0.1, 0.15) is 15.2 Å². The van der Waals surface area contributed by atoms with E-state index in [9.17, 15) is 14.3 Å². The molecule has 0 saturated carbocycles. The third-order valence-corrected chi connectivity index (χ3v) is 4.01. The average molecular weight is 330 g/mol. The van der Waals surface area contributed by atoms with Crippen LogP contribution in [0.3, 0.4) is 0 Å². The zero-order valence-corrected chi connectivity index (χ0v) is 11.7. The maximum atomic E-state index is 12.8. The van der Waals surface area contributed by atoms with Crippen LogP contribution in [-0.2, 0) is 0 Å². The van der Waals surface area contributed by atoms with Crippen LogP contribution in [0.15, 0.2) is 28.1 Å². The monoisotopic (exact) mass is 329 g/mol. The molecule has 94 valence electrons. The fraction of sp³-hybridized carbons (Fsp3) is 0.0833. The molecule has 1 aromatic carbocycles. The Morgan fingerprint density at radius 2 is 2.17 bits per heavy atom. The predicted molar refractivity (Wildman–Crippen MR) is 72.8 cm³/mol. The first-order valence-corrected chi connectivity index (χ1v) is 6.64. The highest BCUT2D eigenvalue weighted by Gasteiger charge is 2.14. The molecule has 0 aliphatic heterocycles. The number of aryl methyl sites for hydroxylation is 1. The third-order valence-electron chi connectivity index (χ3n) is 2.26. The van der Waals surface area contributed by atoms with Gasteiger partial charge in [-0.3, -0.25) is 4.79 Å². The van der Waals surface area contributed by atoms with Gasteiger partial charge in [0.15, 0.2) is 0 Å². The van der Waals surface area contributed by atoms with Gasteiger partial charge in [0, 0.05) is 10.9 Å². The first-order valence-electron chi connectivity index (χ1n) is 5.03. The molecule has 2 aromatic rings. The lowest BCUT2D eigenvalue weighted by atomic mass is 10.2. The molecule has 0 aliphatic carbocycles. The van der Waals surface area contributed by atoms with Crippen molar-refractivity contribution < 1.29 is 14.3 Å². The minimum absolute atomic E-state index is 0.178. The molecule has 18 heavy (non-hydrogen) atoms. The quantitative estimate of drug-likeness (QED) is 0.820. The molecule has 1 aromatic heterocycles. The SMILES string of the molecule is Cc1cc(C(=O)Nc2ccc(F)cc2O)c(Br)s1. The van der Waals surface area contributed by atoms with E-state index in [1.54, 1.807) is 6.07 Å². The van der Waals surface area contributed by atoms with Gasteiger partial charge in [0.05, 0.1) is 15.0 Å². The number of amides is 1. The summed E-state index contributed by atoms with van der Waals surface area (Å²) in [5, 5.41) is 12.0. The largest absolute Gasteiger partial charge is 0.506 e. The topological polar surface area (TPSA) is 49.3 Å². The van der Waals surface area contributed by atoms with Gasteiger partial charge in [-0.05, 0) is 41.1 Å². The van der Waals surface area contributed by atoms with Gasteiger partial charge < -0.3 is 10.4 Å². The molecule has 0 aliphatic rings. The maximum Gasteiger partial charge on any atom is 0.257 e. The summed E-state index contributed by atoms with van der Waals surface area (Å²) in [6.07, 6.45) is 0. The number of halogens is 2. The van der Waals surface area contributed by atoms with Crippen molar-refractivity contribution in [3.63, 3.8) is 0 Å². The molecule has 3 nitrogen and oxygen atoms in total. The summed E-state index contributed by atoms with van der Waals surface area (Å²) in [6.45, 7) is 1.89. The normalized spacial score (nSPS) is 10.4. The zero-order chi connectivity index (χ0) is 13.3. The maximum absolute atomic E-state index is 12.8. The van der Waals surface area contributed by atoms with Crippen molar-refractivity contribution in [2.45, 2.75) is 6.92 Å². The Balaban J connectivity index is 2.24. The number of rotatable bonds is 2. The van der Waals surface area contributed by atoms with Crippen molar-refractivity contribution in [1.82, 2.24) is 0 Å². The number of hydrogen-bond acceptors (Lipinski definition) is 3. The Bertz CT molecular complexity index is 612. The average Bonchev–Trinajstić information content (AvgIpc) is 2.62. The van der Waals surface area contributed by atoms with Crippen LogP contribution in [0, 0.1) is 12.7 Å². The Labute approximate surface area is 115 Å². The first kappa shape index (κ1) is 13.0. The van der Waals surface area contributed by atoms with E-state index in [-0.39, 0.29) is 17.3 Å². The number of phenols is 1. The van der Waals surface area contributed by atoms with Crippen molar-refractivity contribution in [1.29, 1.82) is 0 Å². The molecule has 2 N–H and O–H groups in total. The van der Waals surface area contributed by atoms with Crippen molar-refractivity contribution in [2.24, 2.45) is 0 Å². The molecule has 6 heteroatoms. The number of hydrogen-bond donors (Lipinski definition) is 2. The van der Waals surface area contributed by atoms with Gasteiger partial charge in [0.1, 0.15) is 11.6 Å². The van der Waals surface area contributed by atoms with Gasteiger partial charge in [-0.1, -0.05) is 0 Å². The van der Waals surface area contributed by atoms with Crippen LogP contribution in [0.5, 0.6) is 5.75 Å². The van der Waals surface area contributed by atoms with Crippen molar-refractivity contribution in [2.75, 3.05) is 5.32 Å². The number of phenolic OH excluding ortho intramolecular Hbond substituents is 1. The van der Waals surface area contributed by atoms with Gasteiger partial charge in [0.25, 0.3) is 5.91 Å². The van der Waals surface area contributed by atoms with Gasteiger partial charge >= 0.3 is 0 Å². The number of anilines is 1. The summed E-state index contributed by atoms with van der Waals surface area (Å²) in [6, 6.07) is 5.17. The molecule has 0 saturated heterocycles. The van der Waals surface area contributed by atoms with Gasteiger partial charge in [-0.2, -0.15) is 0 Å². The summed E-state index contributed by atoms with van der Waals surface area (Å²) in [7, 11) is 0. The Morgan fingerprint density at radius 1 is 1.44 bits per heavy atom. The summed E-state index contributed by atoms with van der Waals surface area (Å²) in [5.74, 6) is -1.21. The molecular formula is C12H9BrFNO2S. The Hall–Kier alpha value is -1.40. The lowest BCUT2D eigenvalue weighted by Gasteiger charge is -2.06. The van der Waals surface area contributed by atoms with E-state index in [0.29, 0.717) is 5.56 Å². The van der Waals surface area contributed by atoms with E-state index in [0.717, 1.165) is 14.7 Å². The fourth-order valence-electron chi connectivity index (χ4n) is 1.44. The smallest absolute Gasteiger partial charge is 0.257 e. The van der Waals surface area contributed by atoms with E-state index >= 15 is 0 Å². The van der Waals surface area contributed by atoms with Gasteiger partial charge in [-0.15, -0.1) is 11.3 Å².